The molecule has 3 rings (SSSR count). The molecular weight excluding hydrogens is 226 g/mol. The molecule has 0 radical (unpaired) electrons. The SMILES string of the molecule is Cl.c1cc2c(s1)CC(N1CCCC1)CC2. The second kappa shape index (κ2) is 4.86. The van der Waals surface area contributed by atoms with Gasteiger partial charge in [-0.1, -0.05) is 0 Å². The van der Waals surface area contributed by atoms with Gasteiger partial charge in [0.1, 0.15) is 0 Å². The van der Waals surface area contributed by atoms with E-state index < -0.39 is 0 Å². The van der Waals surface area contributed by atoms with Crippen molar-refractivity contribution in [3.63, 3.8) is 0 Å². The third-order valence-corrected chi connectivity index (χ3v) is 4.65. The molecule has 1 aromatic heterocycles. The van der Waals surface area contributed by atoms with Crippen LogP contribution in [0.25, 0.3) is 0 Å². The fraction of sp³-hybridized carbons (Fsp3) is 0.667. The molecule has 1 aromatic rings. The number of thiophene rings is 1. The predicted octanol–water partition coefficient (Wildman–Crippen LogP) is 3.12. The van der Waals surface area contributed by atoms with Crippen molar-refractivity contribution in [1.82, 2.24) is 4.90 Å². The van der Waals surface area contributed by atoms with E-state index in [4.69, 9.17) is 0 Å². The molecule has 1 fully saturated rings. The van der Waals surface area contributed by atoms with Crippen LogP contribution in [0.3, 0.4) is 0 Å². The van der Waals surface area contributed by atoms with Gasteiger partial charge in [0.25, 0.3) is 0 Å². The second-order valence-electron chi connectivity index (χ2n) is 4.51. The van der Waals surface area contributed by atoms with Crippen molar-refractivity contribution in [2.24, 2.45) is 0 Å². The summed E-state index contributed by atoms with van der Waals surface area (Å²) < 4.78 is 0. The highest BCUT2D eigenvalue weighted by Gasteiger charge is 2.26. The van der Waals surface area contributed by atoms with Gasteiger partial charge in [-0.2, -0.15) is 0 Å². The maximum absolute atomic E-state index is 2.71. The highest BCUT2D eigenvalue weighted by molar-refractivity contribution is 7.10. The van der Waals surface area contributed by atoms with Gasteiger partial charge in [-0.15, -0.1) is 23.7 Å². The van der Waals surface area contributed by atoms with E-state index in [1.54, 1.807) is 10.4 Å². The van der Waals surface area contributed by atoms with Crippen molar-refractivity contribution < 1.29 is 0 Å². The second-order valence-corrected chi connectivity index (χ2v) is 5.51. The van der Waals surface area contributed by atoms with Gasteiger partial charge in [-0.3, -0.25) is 0 Å². The number of aryl methyl sites for hydroxylation is 1. The monoisotopic (exact) mass is 243 g/mol. The van der Waals surface area contributed by atoms with Crippen LogP contribution in [0.1, 0.15) is 29.7 Å². The van der Waals surface area contributed by atoms with Crippen LogP contribution in [-0.4, -0.2) is 24.0 Å². The van der Waals surface area contributed by atoms with Gasteiger partial charge in [0.15, 0.2) is 0 Å². The molecule has 3 heteroatoms. The van der Waals surface area contributed by atoms with Gasteiger partial charge in [-0.05, 0) is 62.2 Å². The van der Waals surface area contributed by atoms with Gasteiger partial charge in [0.05, 0.1) is 0 Å². The summed E-state index contributed by atoms with van der Waals surface area (Å²) in [6, 6.07) is 3.18. The van der Waals surface area contributed by atoms with Crippen molar-refractivity contribution in [3.8, 4) is 0 Å². The zero-order valence-electron chi connectivity index (χ0n) is 8.95. The first kappa shape index (κ1) is 11.4. The molecular formula is C12H18ClNS. The fourth-order valence-corrected chi connectivity index (χ4v) is 3.83. The minimum absolute atomic E-state index is 0. The van der Waals surface area contributed by atoms with Crippen LogP contribution in [0.4, 0.5) is 0 Å². The first-order valence-corrected chi connectivity index (χ1v) is 6.61. The molecule has 0 saturated carbocycles. The van der Waals surface area contributed by atoms with Crippen molar-refractivity contribution in [2.75, 3.05) is 13.1 Å². The molecule has 0 aromatic carbocycles. The molecule has 1 saturated heterocycles. The highest BCUT2D eigenvalue weighted by atomic mass is 35.5. The smallest absolute Gasteiger partial charge is 0.0147 e. The molecule has 15 heavy (non-hydrogen) atoms. The van der Waals surface area contributed by atoms with Crippen LogP contribution in [-0.2, 0) is 12.8 Å². The van der Waals surface area contributed by atoms with Gasteiger partial charge >= 0.3 is 0 Å². The van der Waals surface area contributed by atoms with E-state index >= 15 is 0 Å². The Morgan fingerprint density at radius 3 is 2.87 bits per heavy atom. The highest BCUT2D eigenvalue weighted by Crippen LogP contribution is 2.29. The zero-order valence-corrected chi connectivity index (χ0v) is 10.6. The Hall–Kier alpha value is -0.0500. The fourth-order valence-electron chi connectivity index (χ4n) is 2.83. The Bertz CT molecular complexity index is 317. The topological polar surface area (TPSA) is 3.24 Å². The van der Waals surface area contributed by atoms with Crippen molar-refractivity contribution >= 4 is 23.7 Å². The van der Waals surface area contributed by atoms with Crippen LogP contribution in [0.2, 0.25) is 0 Å². The van der Waals surface area contributed by atoms with Gasteiger partial charge < -0.3 is 4.90 Å². The van der Waals surface area contributed by atoms with Crippen LogP contribution in [0.15, 0.2) is 11.4 Å². The minimum atomic E-state index is 0. The predicted molar refractivity (Wildman–Crippen MR) is 68.2 cm³/mol. The van der Waals surface area contributed by atoms with E-state index in [0.29, 0.717) is 0 Å². The molecule has 0 amide bonds. The van der Waals surface area contributed by atoms with E-state index in [-0.39, 0.29) is 12.4 Å². The standard InChI is InChI=1S/C12H17NS.ClH/c1-2-7-13(6-1)11-4-3-10-5-8-14-12(10)9-11;/h5,8,11H,1-4,6-7,9H2;1H. The van der Waals surface area contributed by atoms with Gasteiger partial charge in [0.2, 0.25) is 0 Å². The average Bonchev–Trinajstić information content (AvgIpc) is 2.88. The summed E-state index contributed by atoms with van der Waals surface area (Å²) in [6.07, 6.45) is 6.89. The maximum atomic E-state index is 2.71. The Morgan fingerprint density at radius 1 is 1.27 bits per heavy atom. The summed E-state index contributed by atoms with van der Waals surface area (Å²) in [5, 5.41) is 2.26. The van der Waals surface area contributed by atoms with E-state index in [1.807, 2.05) is 11.3 Å². The third kappa shape index (κ3) is 2.22. The quantitative estimate of drug-likeness (QED) is 0.733. The Balaban J connectivity index is 0.000000853. The van der Waals surface area contributed by atoms with Crippen molar-refractivity contribution in [1.29, 1.82) is 0 Å². The van der Waals surface area contributed by atoms with Crippen LogP contribution in [0, 0.1) is 0 Å². The maximum Gasteiger partial charge on any atom is 0.0147 e. The lowest BCUT2D eigenvalue weighted by Crippen LogP contribution is -2.36. The molecule has 1 atom stereocenters. The molecule has 2 heterocycles. The summed E-state index contributed by atoms with van der Waals surface area (Å²) in [4.78, 5) is 4.37. The summed E-state index contributed by atoms with van der Waals surface area (Å²) in [5.41, 5.74) is 1.63. The number of halogens is 1. The molecule has 0 N–H and O–H groups in total. The lowest BCUT2D eigenvalue weighted by molar-refractivity contribution is 0.223. The first-order chi connectivity index (χ1) is 6.93. The molecule has 1 aliphatic carbocycles. The molecule has 1 aliphatic heterocycles. The van der Waals surface area contributed by atoms with Crippen molar-refractivity contribution in [2.45, 2.75) is 38.1 Å². The Kier molecular flexibility index (Phi) is 3.70. The van der Waals surface area contributed by atoms with E-state index in [0.717, 1.165) is 6.04 Å². The van der Waals surface area contributed by atoms with Gasteiger partial charge in [0, 0.05) is 10.9 Å². The lowest BCUT2D eigenvalue weighted by atomic mass is 9.94. The largest absolute Gasteiger partial charge is 0.300 e. The molecule has 84 valence electrons. The first-order valence-electron chi connectivity index (χ1n) is 5.73. The zero-order chi connectivity index (χ0) is 9.38. The molecule has 1 unspecified atom stereocenters. The number of hydrogen-bond acceptors (Lipinski definition) is 2. The van der Waals surface area contributed by atoms with E-state index in [2.05, 4.69) is 16.3 Å². The minimum Gasteiger partial charge on any atom is -0.300 e. The normalized spacial score (nSPS) is 26.0. The Labute approximate surface area is 102 Å². The number of nitrogens with zero attached hydrogens (tertiary/aromatic N) is 1. The number of fused-ring (bicyclic) bond motifs is 1. The summed E-state index contributed by atoms with van der Waals surface area (Å²) in [6.45, 7) is 2.71. The van der Waals surface area contributed by atoms with Crippen LogP contribution >= 0.6 is 23.7 Å². The van der Waals surface area contributed by atoms with Crippen molar-refractivity contribution in [3.05, 3.63) is 21.9 Å². The molecule has 2 aliphatic rings. The number of hydrogen-bond donors (Lipinski definition) is 0. The summed E-state index contributed by atoms with van der Waals surface area (Å²) >= 11 is 1.96. The number of rotatable bonds is 1. The summed E-state index contributed by atoms with van der Waals surface area (Å²) in [5.74, 6) is 0. The molecule has 0 spiro atoms. The van der Waals surface area contributed by atoms with Crippen LogP contribution in [0.5, 0.6) is 0 Å². The molecule has 0 bridgehead atoms. The Morgan fingerprint density at radius 2 is 2.07 bits per heavy atom. The third-order valence-electron chi connectivity index (χ3n) is 3.66. The van der Waals surface area contributed by atoms with Crippen LogP contribution < -0.4 is 0 Å². The average molecular weight is 244 g/mol. The van der Waals surface area contributed by atoms with E-state index in [1.165, 1.54) is 45.2 Å². The van der Waals surface area contributed by atoms with Gasteiger partial charge in [-0.25, -0.2) is 0 Å². The molecule has 1 nitrogen and oxygen atoms in total. The number of likely N-dealkylation sites (tertiary alicyclic amines) is 1. The van der Waals surface area contributed by atoms with E-state index in [9.17, 15) is 0 Å². The lowest BCUT2D eigenvalue weighted by Gasteiger charge is -2.30. The summed E-state index contributed by atoms with van der Waals surface area (Å²) in [7, 11) is 0.